The van der Waals surface area contributed by atoms with Gasteiger partial charge in [0.15, 0.2) is 0 Å². The Bertz CT molecular complexity index is 513. The topological polar surface area (TPSA) is 108 Å². The molecular weight excluding hydrogens is 260 g/mol. The summed E-state index contributed by atoms with van der Waals surface area (Å²) in [5.74, 6) is 0.197. The molecule has 1 heterocycles. The van der Waals surface area contributed by atoms with Crippen LogP contribution in [0, 0.1) is 27.4 Å². The van der Waals surface area contributed by atoms with Gasteiger partial charge in [0, 0.05) is 19.6 Å². The maximum Gasteiger partial charge on any atom is 0.353 e. The van der Waals surface area contributed by atoms with Crippen LogP contribution in [-0.4, -0.2) is 34.5 Å². The molecule has 1 atom stereocenters. The molecule has 1 aromatic heterocycles. The first-order valence-corrected chi connectivity index (χ1v) is 6.42. The number of nitrogens with zero attached hydrogens (tertiary/aromatic N) is 5. The third-order valence-corrected chi connectivity index (χ3v) is 2.73. The summed E-state index contributed by atoms with van der Waals surface area (Å²) >= 11 is 0. The zero-order valence-corrected chi connectivity index (χ0v) is 11.8. The Kier molecular flexibility index (Phi) is 5.65. The summed E-state index contributed by atoms with van der Waals surface area (Å²) in [7, 11) is 0. The number of anilines is 2. The molecule has 0 fully saturated rings. The van der Waals surface area contributed by atoms with Gasteiger partial charge in [-0.05, 0) is 20.8 Å². The summed E-state index contributed by atoms with van der Waals surface area (Å²) in [4.78, 5) is 20.4. The van der Waals surface area contributed by atoms with Crippen molar-refractivity contribution in [1.29, 1.82) is 5.26 Å². The van der Waals surface area contributed by atoms with Crippen molar-refractivity contribution in [3.05, 3.63) is 16.4 Å². The Balaban J connectivity index is 3.24. The van der Waals surface area contributed by atoms with E-state index in [1.54, 1.807) is 11.8 Å². The molecule has 0 aliphatic heterocycles. The number of hydrogen-bond acceptors (Lipinski definition) is 7. The Morgan fingerprint density at radius 1 is 1.55 bits per heavy atom. The molecule has 1 unspecified atom stereocenters. The largest absolute Gasteiger partial charge is 0.364 e. The van der Waals surface area contributed by atoms with Gasteiger partial charge < -0.3 is 10.2 Å². The number of nitro groups is 1. The molecule has 0 spiro atoms. The minimum absolute atomic E-state index is 0.152. The van der Waals surface area contributed by atoms with Crippen molar-refractivity contribution in [2.45, 2.75) is 20.8 Å². The minimum atomic E-state index is -0.493. The molecule has 1 aromatic rings. The van der Waals surface area contributed by atoms with Gasteiger partial charge in [0.05, 0.1) is 16.9 Å². The van der Waals surface area contributed by atoms with E-state index in [9.17, 15) is 10.1 Å². The first-order chi connectivity index (χ1) is 9.54. The van der Waals surface area contributed by atoms with Crippen LogP contribution in [0.5, 0.6) is 0 Å². The van der Waals surface area contributed by atoms with Gasteiger partial charge in [-0.2, -0.15) is 5.26 Å². The van der Waals surface area contributed by atoms with Gasteiger partial charge in [0.1, 0.15) is 6.33 Å². The first-order valence-electron chi connectivity index (χ1n) is 6.42. The number of aromatic nitrogens is 2. The molecule has 20 heavy (non-hydrogen) atoms. The van der Waals surface area contributed by atoms with E-state index in [1.807, 2.05) is 13.8 Å². The third kappa shape index (κ3) is 3.54. The summed E-state index contributed by atoms with van der Waals surface area (Å²) in [6.45, 7) is 6.90. The highest BCUT2D eigenvalue weighted by molar-refractivity contribution is 5.70. The van der Waals surface area contributed by atoms with Crippen LogP contribution in [0.4, 0.5) is 17.3 Å². The number of nitrogens with one attached hydrogen (secondary N) is 1. The number of nitriles is 1. The Hall–Kier alpha value is -2.43. The van der Waals surface area contributed by atoms with Crippen molar-refractivity contribution in [2.75, 3.05) is 29.9 Å². The van der Waals surface area contributed by atoms with Gasteiger partial charge in [-0.1, -0.05) is 0 Å². The summed E-state index contributed by atoms with van der Waals surface area (Å²) in [6, 6.07) is 2.12. The second-order valence-corrected chi connectivity index (χ2v) is 4.25. The van der Waals surface area contributed by atoms with Crippen LogP contribution in [0.25, 0.3) is 0 Å². The molecule has 0 aromatic carbocycles. The maximum atomic E-state index is 11.3. The Morgan fingerprint density at radius 3 is 2.75 bits per heavy atom. The Morgan fingerprint density at radius 2 is 2.25 bits per heavy atom. The van der Waals surface area contributed by atoms with E-state index in [-0.39, 0.29) is 23.2 Å². The van der Waals surface area contributed by atoms with Crippen LogP contribution in [-0.2, 0) is 0 Å². The van der Waals surface area contributed by atoms with Gasteiger partial charge >= 0.3 is 5.69 Å². The number of hydrogen-bond donors (Lipinski definition) is 1. The van der Waals surface area contributed by atoms with Gasteiger partial charge in [0.2, 0.25) is 11.6 Å². The molecule has 8 heteroatoms. The van der Waals surface area contributed by atoms with Crippen LogP contribution in [0.3, 0.4) is 0 Å². The molecule has 0 aliphatic rings. The second kappa shape index (κ2) is 7.23. The predicted octanol–water partition coefficient (Wildman–Crippen LogP) is 1.80. The average Bonchev–Trinajstić information content (AvgIpc) is 2.44. The third-order valence-electron chi connectivity index (χ3n) is 2.73. The SMILES string of the molecule is CCNc1ncnc(N(CC)CC(C)C#N)c1[N+](=O)[O-]. The predicted molar refractivity (Wildman–Crippen MR) is 75.5 cm³/mol. The van der Waals surface area contributed by atoms with E-state index in [0.717, 1.165) is 0 Å². The lowest BCUT2D eigenvalue weighted by atomic mass is 10.2. The highest BCUT2D eigenvalue weighted by atomic mass is 16.6. The molecule has 0 radical (unpaired) electrons. The average molecular weight is 278 g/mol. The van der Waals surface area contributed by atoms with Crippen molar-refractivity contribution in [3.63, 3.8) is 0 Å². The number of rotatable bonds is 7. The van der Waals surface area contributed by atoms with Crippen LogP contribution < -0.4 is 10.2 Å². The molecule has 0 bridgehead atoms. The van der Waals surface area contributed by atoms with Gasteiger partial charge in [-0.25, -0.2) is 9.97 Å². The smallest absolute Gasteiger partial charge is 0.353 e. The lowest BCUT2D eigenvalue weighted by Crippen LogP contribution is -2.29. The first kappa shape index (κ1) is 15.6. The Labute approximate surface area is 117 Å². The van der Waals surface area contributed by atoms with Crippen LogP contribution >= 0.6 is 0 Å². The summed E-state index contributed by atoms with van der Waals surface area (Å²) in [5, 5.41) is 23.0. The van der Waals surface area contributed by atoms with E-state index in [1.165, 1.54) is 6.33 Å². The molecule has 8 nitrogen and oxygen atoms in total. The maximum absolute atomic E-state index is 11.3. The molecule has 0 saturated carbocycles. The van der Waals surface area contributed by atoms with Crippen molar-refractivity contribution in [1.82, 2.24) is 9.97 Å². The van der Waals surface area contributed by atoms with E-state index >= 15 is 0 Å². The molecule has 108 valence electrons. The van der Waals surface area contributed by atoms with Crippen molar-refractivity contribution < 1.29 is 4.92 Å². The summed E-state index contributed by atoms with van der Waals surface area (Å²) < 4.78 is 0. The minimum Gasteiger partial charge on any atom is -0.364 e. The summed E-state index contributed by atoms with van der Waals surface area (Å²) in [5.41, 5.74) is -0.152. The van der Waals surface area contributed by atoms with Crippen molar-refractivity contribution >= 4 is 17.3 Å². The van der Waals surface area contributed by atoms with Crippen molar-refractivity contribution in [3.8, 4) is 6.07 Å². The van der Waals surface area contributed by atoms with Crippen LogP contribution in [0.15, 0.2) is 6.33 Å². The van der Waals surface area contributed by atoms with E-state index in [4.69, 9.17) is 5.26 Å². The second-order valence-electron chi connectivity index (χ2n) is 4.25. The molecule has 0 aliphatic carbocycles. The highest BCUT2D eigenvalue weighted by Gasteiger charge is 2.26. The monoisotopic (exact) mass is 278 g/mol. The van der Waals surface area contributed by atoms with Gasteiger partial charge in [-0.15, -0.1) is 0 Å². The zero-order valence-electron chi connectivity index (χ0n) is 11.8. The van der Waals surface area contributed by atoms with Crippen LogP contribution in [0.1, 0.15) is 20.8 Å². The standard InChI is InChI=1S/C12H18N6O2/c1-4-14-11-10(18(19)20)12(16-8-15-11)17(5-2)7-9(3)6-13/h8-9H,4-5,7H2,1-3H3,(H,14,15,16). The van der Waals surface area contributed by atoms with E-state index in [2.05, 4.69) is 21.4 Å². The quantitative estimate of drug-likeness (QED) is 0.598. The fraction of sp³-hybridized carbons (Fsp3) is 0.583. The van der Waals surface area contributed by atoms with Crippen LogP contribution in [0.2, 0.25) is 0 Å². The van der Waals surface area contributed by atoms with Gasteiger partial charge in [0.25, 0.3) is 0 Å². The highest BCUT2D eigenvalue weighted by Crippen LogP contribution is 2.31. The van der Waals surface area contributed by atoms with E-state index < -0.39 is 4.92 Å². The molecule has 0 amide bonds. The lowest BCUT2D eigenvalue weighted by Gasteiger charge is -2.22. The molecule has 0 saturated heterocycles. The molecule has 1 N–H and O–H groups in total. The van der Waals surface area contributed by atoms with Crippen molar-refractivity contribution in [2.24, 2.45) is 5.92 Å². The lowest BCUT2D eigenvalue weighted by molar-refractivity contribution is -0.383. The fourth-order valence-electron chi connectivity index (χ4n) is 1.80. The molecular formula is C12H18N6O2. The summed E-state index contributed by atoms with van der Waals surface area (Å²) in [6.07, 6.45) is 1.29. The zero-order chi connectivity index (χ0) is 15.1. The van der Waals surface area contributed by atoms with Gasteiger partial charge in [-0.3, -0.25) is 10.1 Å². The normalized spacial score (nSPS) is 11.5. The fourth-order valence-corrected chi connectivity index (χ4v) is 1.80. The van der Waals surface area contributed by atoms with E-state index in [0.29, 0.717) is 19.6 Å². The molecule has 1 rings (SSSR count).